The van der Waals surface area contributed by atoms with Crippen molar-refractivity contribution >= 4 is 39.1 Å². The summed E-state index contributed by atoms with van der Waals surface area (Å²) in [6.07, 6.45) is 1.56. The molecule has 186 valence electrons. The molecule has 0 saturated heterocycles. The molecule has 9 heteroatoms. The molecular weight excluding hydrogens is 474 g/mol. The number of hydrogen-bond acceptors (Lipinski definition) is 4. The van der Waals surface area contributed by atoms with Gasteiger partial charge in [0.25, 0.3) is 0 Å². The van der Waals surface area contributed by atoms with Crippen LogP contribution in [0.2, 0.25) is 5.02 Å². The molecule has 34 heavy (non-hydrogen) atoms. The van der Waals surface area contributed by atoms with E-state index in [0.717, 1.165) is 22.9 Å². The molecule has 0 aliphatic heterocycles. The predicted molar refractivity (Wildman–Crippen MR) is 137 cm³/mol. The van der Waals surface area contributed by atoms with Gasteiger partial charge in [0.1, 0.15) is 6.04 Å². The smallest absolute Gasteiger partial charge is 0.242 e. The van der Waals surface area contributed by atoms with Crippen molar-refractivity contribution in [3.63, 3.8) is 0 Å². The normalized spacial score (nSPS) is 12.2. The molecule has 0 aliphatic rings. The lowest BCUT2D eigenvalue weighted by molar-refractivity contribution is -0.140. The van der Waals surface area contributed by atoms with Gasteiger partial charge in [-0.05, 0) is 62.9 Å². The molecule has 0 unspecified atom stereocenters. The third-order valence-corrected chi connectivity index (χ3v) is 7.36. The number of anilines is 1. The average molecular weight is 508 g/mol. The number of sulfonamides is 1. The molecule has 2 aromatic rings. The molecule has 7 nitrogen and oxygen atoms in total. The number of rotatable bonds is 11. The number of hydrogen-bond donors (Lipinski definition) is 1. The number of carbonyl (C=O) groups excluding carboxylic acids is 2. The first kappa shape index (κ1) is 27.7. The summed E-state index contributed by atoms with van der Waals surface area (Å²) in [4.78, 5) is 27.2. The number of aryl methyl sites for hydroxylation is 1. The van der Waals surface area contributed by atoms with E-state index in [1.807, 2.05) is 45.0 Å². The zero-order chi connectivity index (χ0) is 25.5. The standard InChI is InChI=1S/C25H34ClN3O4S/c1-6-27-25(31)20(4)28(17-21-12-7-8-13-22(21)26)24(30)15-10-16-29(34(5,32)33)23-14-9-11-18(2)19(23)3/h7-9,11-14,20H,6,10,15-17H2,1-5H3,(H,27,31)/t20-/m1/s1. The minimum atomic E-state index is -3.54. The first-order valence-corrected chi connectivity index (χ1v) is 13.5. The number of carbonyl (C=O) groups is 2. The summed E-state index contributed by atoms with van der Waals surface area (Å²) in [6.45, 7) is 8.10. The highest BCUT2D eigenvalue weighted by atomic mass is 35.5. The van der Waals surface area contributed by atoms with Crippen LogP contribution in [-0.4, -0.2) is 50.5 Å². The molecule has 2 aromatic carbocycles. The Morgan fingerprint density at radius 2 is 1.76 bits per heavy atom. The van der Waals surface area contributed by atoms with Gasteiger partial charge in [0, 0.05) is 31.1 Å². The van der Waals surface area contributed by atoms with Gasteiger partial charge in [-0.2, -0.15) is 0 Å². The maximum Gasteiger partial charge on any atom is 0.242 e. The average Bonchev–Trinajstić information content (AvgIpc) is 2.77. The van der Waals surface area contributed by atoms with Crippen LogP contribution in [0.4, 0.5) is 5.69 Å². The highest BCUT2D eigenvalue weighted by Crippen LogP contribution is 2.26. The zero-order valence-electron chi connectivity index (χ0n) is 20.5. The van der Waals surface area contributed by atoms with Crippen LogP contribution < -0.4 is 9.62 Å². The van der Waals surface area contributed by atoms with Crippen molar-refractivity contribution in [3.8, 4) is 0 Å². The second-order valence-corrected chi connectivity index (χ2v) is 10.7. The van der Waals surface area contributed by atoms with E-state index in [1.165, 1.54) is 9.21 Å². The molecule has 2 amide bonds. The van der Waals surface area contributed by atoms with Crippen LogP contribution in [0, 0.1) is 13.8 Å². The second-order valence-electron chi connectivity index (χ2n) is 8.34. The molecule has 0 spiro atoms. The SMILES string of the molecule is CCNC(=O)[C@@H](C)N(Cc1ccccc1Cl)C(=O)CCCN(c1cccc(C)c1C)S(C)(=O)=O. The van der Waals surface area contributed by atoms with Crippen LogP contribution in [0.15, 0.2) is 42.5 Å². The molecule has 0 heterocycles. The fourth-order valence-electron chi connectivity index (χ4n) is 3.70. The minimum Gasteiger partial charge on any atom is -0.355 e. The van der Waals surface area contributed by atoms with E-state index < -0.39 is 16.1 Å². The molecule has 0 aromatic heterocycles. The molecule has 0 bridgehead atoms. The Labute approximate surface area is 208 Å². The maximum atomic E-state index is 13.2. The highest BCUT2D eigenvalue weighted by molar-refractivity contribution is 7.92. The molecule has 2 rings (SSSR count). The van der Waals surface area contributed by atoms with Gasteiger partial charge >= 0.3 is 0 Å². The Morgan fingerprint density at radius 3 is 2.38 bits per heavy atom. The summed E-state index contributed by atoms with van der Waals surface area (Å²) in [5, 5.41) is 3.27. The van der Waals surface area contributed by atoms with Crippen molar-refractivity contribution < 1.29 is 18.0 Å². The quantitative estimate of drug-likeness (QED) is 0.497. The van der Waals surface area contributed by atoms with Crippen LogP contribution in [0.25, 0.3) is 0 Å². The third kappa shape index (κ3) is 7.21. The maximum absolute atomic E-state index is 13.2. The molecule has 0 radical (unpaired) electrons. The van der Waals surface area contributed by atoms with Crippen LogP contribution in [0.1, 0.15) is 43.4 Å². The monoisotopic (exact) mass is 507 g/mol. The fourth-order valence-corrected chi connectivity index (χ4v) is 4.91. The van der Waals surface area contributed by atoms with Gasteiger partial charge < -0.3 is 10.2 Å². The molecule has 0 saturated carbocycles. The minimum absolute atomic E-state index is 0.0884. The number of nitrogens with zero attached hydrogens (tertiary/aromatic N) is 2. The van der Waals surface area contributed by atoms with Gasteiger partial charge in [-0.25, -0.2) is 8.42 Å². The first-order valence-electron chi connectivity index (χ1n) is 11.3. The van der Waals surface area contributed by atoms with E-state index in [4.69, 9.17) is 11.6 Å². The second kappa shape index (κ2) is 12.2. The Balaban J connectivity index is 2.20. The lowest BCUT2D eigenvalue weighted by Gasteiger charge is -2.30. The molecule has 0 fully saturated rings. The van der Waals surface area contributed by atoms with E-state index in [-0.39, 0.29) is 31.3 Å². The Kier molecular flexibility index (Phi) is 9.94. The highest BCUT2D eigenvalue weighted by Gasteiger charge is 2.27. The van der Waals surface area contributed by atoms with Gasteiger partial charge in [-0.1, -0.05) is 41.9 Å². The lowest BCUT2D eigenvalue weighted by atomic mass is 10.1. The van der Waals surface area contributed by atoms with Gasteiger partial charge in [0.2, 0.25) is 21.8 Å². The van der Waals surface area contributed by atoms with Crippen molar-refractivity contribution in [2.45, 2.75) is 53.1 Å². The van der Waals surface area contributed by atoms with E-state index >= 15 is 0 Å². The van der Waals surface area contributed by atoms with Crippen molar-refractivity contribution in [2.24, 2.45) is 0 Å². The van der Waals surface area contributed by atoms with Crippen molar-refractivity contribution in [3.05, 3.63) is 64.2 Å². The fraction of sp³-hybridized carbons (Fsp3) is 0.440. The molecule has 0 aliphatic carbocycles. The summed E-state index contributed by atoms with van der Waals surface area (Å²) in [6, 6.07) is 12.0. The summed E-state index contributed by atoms with van der Waals surface area (Å²) >= 11 is 6.30. The van der Waals surface area contributed by atoms with E-state index in [2.05, 4.69) is 5.32 Å². The van der Waals surface area contributed by atoms with E-state index in [1.54, 1.807) is 25.1 Å². The van der Waals surface area contributed by atoms with Gasteiger partial charge in [0.05, 0.1) is 11.9 Å². The lowest BCUT2D eigenvalue weighted by Crippen LogP contribution is -2.47. The summed E-state index contributed by atoms with van der Waals surface area (Å²) in [7, 11) is -3.54. The number of halogens is 1. The van der Waals surface area contributed by atoms with Crippen LogP contribution in [0.5, 0.6) is 0 Å². The van der Waals surface area contributed by atoms with E-state index in [0.29, 0.717) is 23.7 Å². The largest absolute Gasteiger partial charge is 0.355 e. The van der Waals surface area contributed by atoms with Crippen LogP contribution >= 0.6 is 11.6 Å². The Bertz CT molecular complexity index is 1120. The van der Waals surface area contributed by atoms with E-state index in [9.17, 15) is 18.0 Å². The van der Waals surface area contributed by atoms with Crippen LogP contribution in [0.3, 0.4) is 0 Å². The predicted octanol–water partition coefficient (Wildman–Crippen LogP) is 4.06. The molecule has 1 N–H and O–H groups in total. The van der Waals surface area contributed by atoms with Crippen LogP contribution in [-0.2, 0) is 26.2 Å². The molecular formula is C25H34ClN3O4S. The zero-order valence-corrected chi connectivity index (χ0v) is 22.0. The molecule has 1 atom stereocenters. The number of nitrogens with one attached hydrogen (secondary N) is 1. The van der Waals surface area contributed by atoms with Gasteiger partial charge in [-0.3, -0.25) is 13.9 Å². The Morgan fingerprint density at radius 1 is 1.09 bits per heavy atom. The van der Waals surface area contributed by atoms with Crippen molar-refractivity contribution in [1.29, 1.82) is 0 Å². The van der Waals surface area contributed by atoms with Gasteiger partial charge in [-0.15, -0.1) is 0 Å². The number of amides is 2. The Hall–Kier alpha value is -2.58. The number of likely N-dealkylation sites (N-methyl/N-ethyl adjacent to an activating group) is 1. The van der Waals surface area contributed by atoms with Gasteiger partial charge in [0.15, 0.2) is 0 Å². The van der Waals surface area contributed by atoms with Crippen molar-refractivity contribution in [2.75, 3.05) is 23.7 Å². The number of benzene rings is 2. The third-order valence-electron chi connectivity index (χ3n) is 5.81. The topological polar surface area (TPSA) is 86.8 Å². The summed E-state index contributed by atoms with van der Waals surface area (Å²) in [5.41, 5.74) is 3.22. The first-order chi connectivity index (χ1) is 16.0. The van der Waals surface area contributed by atoms with Crippen molar-refractivity contribution in [1.82, 2.24) is 10.2 Å². The summed E-state index contributed by atoms with van der Waals surface area (Å²) in [5.74, 6) is -0.496. The summed E-state index contributed by atoms with van der Waals surface area (Å²) < 4.78 is 26.4.